The van der Waals surface area contributed by atoms with Crippen molar-refractivity contribution < 1.29 is 13.3 Å². The van der Waals surface area contributed by atoms with Gasteiger partial charge in [-0.15, -0.1) is 0 Å². The molecule has 37 heavy (non-hydrogen) atoms. The number of nitrogens with zero attached hydrogens (tertiary/aromatic N) is 5. The highest BCUT2D eigenvalue weighted by atomic mass is 32.2. The minimum atomic E-state index is -3.99. The van der Waals surface area contributed by atoms with E-state index in [0.717, 1.165) is 17.3 Å². The van der Waals surface area contributed by atoms with E-state index in [0.29, 0.717) is 11.3 Å². The summed E-state index contributed by atoms with van der Waals surface area (Å²) >= 11 is 0. The van der Waals surface area contributed by atoms with Crippen molar-refractivity contribution in [2.24, 2.45) is 5.10 Å². The zero-order chi connectivity index (χ0) is 26.4. The van der Waals surface area contributed by atoms with Crippen LogP contribution in [0.5, 0.6) is 0 Å². The smallest absolute Gasteiger partial charge is 0.270 e. The molecule has 0 unspecified atom stereocenters. The van der Waals surface area contributed by atoms with Crippen LogP contribution in [0.25, 0.3) is 16.9 Å². The Morgan fingerprint density at radius 1 is 1.03 bits per heavy atom. The predicted octanol–water partition coefficient (Wildman–Crippen LogP) is 4.92. The summed E-state index contributed by atoms with van der Waals surface area (Å²) in [5.74, 6) is 0. The molecule has 0 aliphatic heterocycles. The van der Waals surface area contributed by atoms with E-state index in [4.69, 9.17) is 5.10 Å². The highest BCUT2D eigenvalue weighted by molar-refractivity contribution is 7.89. The van der Waals surface area contributed by atoms with Crippen molar-refractivity contribution in [3.63, 3.8) is 0 Å². The maximum absolute atomic E-state index is 13.2. The van der Waals surface area contributed by atoms with Crippen LogP contribution in [0.3, 0.4) is 0 Å². The molecule has 0 bridgehead atoms. The Balaban J connectivity index is 1.72. The van der Waals surface area contributed by atoms with Gasteiger partial charge in [0.1, 0.15) is 10.6 Å². The third-order valence-corrected chi connectivity index (χ3v) is 7.79. The Hall–Kier alpha value is -4.35. The van der Waals surface area contributed by atoms with Gasteiger partial charge in [-0.3, -0.25) is 15.5 Å². The topological polar surface area (TPSA) is 123 Å². The number of nitrogens with one attached hydrogen (secondary N) is 1. The fraction of sp³-hybridized carbons (Fsp3) is 0.154. The number of anilines is 1. The van der Waals surface area contributed by atoms with Crippen LogP contribution in [-0.4, -0.2) is 46.7 Å². The molecule has 0 saturated carbocycles. The van der Waals surface area contributed by atoms with E-state index in [-0.39, 0.29) is 29.4 Å². The van der Waals surface area contributed by atoms with Crippen LogP contribution < -0.4 is 5.43 Å². The van der Waals surface area contributed by atoms with E-state index in [1.54, 1.807) is 24.7 Å². The quantitative estimate of drug-likeness (QED) is 0.181. The molecule has 1 heterocycles. The van der Waals surface area contributed by atoms with Gasteiger partial charge in [0.25, 0.3) is 5.69 Å². The molecular weight excluding hydrogens is 492 g/mol. The summed E-state index contributed by atoms with van der Waals surface area (Å²) in [6, 6.07) is 22.9. The van der Waals surface area contributed by atoms with E-state index in [2.05, 4.69) is 10.5 Å². The van der Waals surface area contributed by atoms with Crippen molar-refractivity contribution in [1.82, 2.24) is 14.1 Å². The maximum Gasteiger partial charge on any atom is 0.270 e. The summed E-state index contributed by atoms with van der Waals surface area (Å²) in [5, 5.41) is 20.3. The molecule has 0 aliphatic carbocycles. The summed E-state index contributed by atoms with van der Waals surface area (Å²) in [4.78, 5) is 10.5. The Labute approximate surface area is 215 Å². The standard InChI is InChI=1S/C26H26N6O4S/c1-3-30(4-2)37(35,36)25-17-23(32(33)34)15-16-24(25)28-27-18-21-19-31(22-13-9-6-10-14-22)29-26(21)20-11-7-5-8-12-20/h5-19,28H,3-4H2,1-2H3/b27-18+. The van der Waals surface area contributed by atoms with Crippen LogP contribution in [0.1, 0.15) is 19.4 Å². The van der Waals surface area contributed by atoms with E-state index >= 15 is 0 Å². The Morgan fingerprint density at radius 2 is 1.68 bits per heavy atom. The van der Waals surface area contributed by atoms with Crippen molar-refractivity contribution in [3.8, 4) is 16.9 Å². The van der Waals surface area contributed by atoms with Gasteiger partial charge in [-0.25, -0.2) is 13.1 Å². The summed E-state index contributed by atoms with van der Waals surface area (Å²) < 4.78 is 29.4. The Morgan fingerprint density at radius 3 is 2.30 bits per heavy atom. The van der Waals surface area contributed by atoms with Crippen molar-refractivity contribution in [1.29, 1.82) is 0 Å². The highest BCUT2D eigenvalue weighted by Gasteiger charge is 2.27. The fourth-order valence-corrected chi connectivity index (χ4v) is 5.44. The third kappa shape index (κ3) is 5.57. The first kappa shape index (κ1) is 25.7. The molecule has 10 nitrogen and oxygen atoms in total. The zero-order valence-corrected chi connectivity index (χ0v) is 21.2. The van der Waals surface area contributed by atoms with Crippen molar-refractivity contribution >= 4 is 27.6 Å². The first-order chi connectivity index (χ1) is 17.8. The molecule has 1 N–H and O–H groups in total. The summed E-state index contributed by atoms with van der Waals surface area (Å²) in [7, 11) is -3.99. The number of nitro groups is 1. The maximum atomic E-state index is 13.2. The molecule has 0 saturated heterocycles. The largest absolute Gasteiger partial charge is 0.277 e. The Bertz CT molecular complexity index is 1520. The number of aromatic nitrogens is 2. The zero-order valence-electron chi connectivity index (χ0n) is 20.4. The highest BCUT2D eigenvalue weighted by Crippen LogP contribution is 2.29. The van der Waals surface area contributed by atoms with Crippen LogP contribution >= 0.6 is 0 Å². The molecule has 0 spiro atoms. The number of sulfonamides is 1. The lowest BCUT2D eigenvalue weighted by atomic mass is 10.1. The SMILES string of the molecule is CCN(CC)S(=O)(=O)c1cc([N+](=O)[O-])ccc1N/N=C/c1cn(-c2ccccc2)nc1-c1ccccc1. The van der Waals surface area contributed by atoms with Crippen molar-refractivity contribution in [3.05, 3.63) is 101 Å². The number of hydrogen-bond acceptors (Lipinski definition) is 7. The van der Waals surface area contributed by atoms with Gasteiger partial charge in [-0.05, 0) is 18.2 Å². The van der Waals surface area contributed by atoms with Gasteiger partial charge in [0.15, 0.2) is 0 Å². The lowest BCUT2D eigenvalue weighted by Gasteiger charge is -2.20. The van der Waals surface area contributed by atoms with E-state index in [9.17, 15) is 18.5 Å². The first-order valence-electron chi connectivity index (χ1n) is 11.6. The lowest BCUT2D eigenvalue weighted by Crippen LogP contribution is -2.31. The van der Waals surface area contributed by atoms with Crippen LogP contribution in [0.4, 0.5) is 11.4 Å². The van der Waals surface area contributed by atoms with Gasteiger partial charge >= 0.3 is 0 Å². The average Bonchev–Trinajstić information content (AvgIpc) is 3.34. The fourth-order valence-electron chi connectivity index (χ4n) is 3.82. The minimum Gasteiger partial charge on any atom is -0.277 e. The second kappa shape index (κ2) is 11.1. The van der Waals surface area contributed by atoms with Gasteiger partial charge in [-0.1, -0.05) is 62.4 Å². The minimum absolute atomic E-state index is 0.130. The van der Waals surface area contributed by atoms with Crippen molar-refractivity contribution in [2.45, 2.75) is 18.7 Å². The second-order valence-electron chi connectivity index (χ2n) is 7.98. The molecule has 1 aromatic heterocycles. The van der Waals surface area contributed by atoms with E-state index < -0.39 is 14.9 Å². The second-order valence-corrected chi connectivity index (χ2v) is 9.88. The van der Waals surface area contributed by atoms with Gasteiger partial charge in [0.2, 0.25) is 10.0 Å². The van der Waals surface area contributed by atoms with Crippen LogP contribution in [-0.2, 0) is 10.0 Å². The van der Waals surface area contributed by atoms with Gasteiger partial charge in [-0.2, -0.15) is 14.5 Å². The third-order valence-electron chi connectivity index (χ3n) is 5.70. The van der Waals surface area contributed by atoms with Gasteiger partial charge < -0.3 is 0 Å². The molecule has 4 aromatic rings. The first-order valence-corrected chi connectivity index (χ1v) is 13.1. The molecule has 0 radical (unpaired) electrons. The number of para-hydroxylation sites is 1. The number of non-ortho nitro benzene ring substituents is 1. The van der Waals surface area contributed by atoms with Gasteiger partial charge in [0, 0.05) is 42.5 Å². The van der Waals surface area contributed by atoms with E-state index in [1.807, 2.05) is 66.9 Å². The number of benzene rings is 3. The van der Waals surface area contributed by atoms with Crippen LogP contribution in [0.15, 0.2) is 95.1 Å². The predicted molar refractivity (Wildman–Crippen MR) is 143 cm³/mol. The molecule has 3 aromatic carbocycles. The number of hydrazone groups is 1. The van der Waals surface area contributed by atoms with Crippen LogP contribution in [0.2, 0.25) is 0 Å². The molecular formula is C26H26N6O4S. The van der Waals surface area contributed by atoms with Crippen molar-refractivity contribution in [2.75, 3.05) is 18.5 Å². The summed E-state index contributed by atoms with van der Waals surface area (Å²) in [6.07, 6.45) is 3.37. The monoisotopic (exact) mass is 518 g/mol. The molecule has 0 fully saturated rings. The molecule has 190 valence electrons. The molecule has 0 atom stereocenters. The van der Waals surface area contributed by atoms with Crippen LogP contribution in [0, 0.1) is 10.1 Å². The number of rotatable bonds is 10. The normalized spacial score (nSPS) is 11.8. The molecule has 0 aliphatic rings. The molecule has 11 heteroatoms. The lowest BCUT2D eigenvalue weighted by molar-refractivity contribution is -0.385. The van der Waals surface area contributed by atoms with E-state index in [1.165, 1.54) is 16.4 Å². The van der Waals surface area contributed by atoms with Gasteiger partial charge in [0.05, 0.1) is 22.5 Å². The summed E-state index contributed by atoms with van der Waals surface area (Å²) in [6.45, 7) is 3.87. The molecule has 4 rings (SSSR count). The summed E-state index contributed by atoms with van der Waals surface area (Å²) in [5.41, 5.74) is 5.72. The number of nitro benzene ring substituents is 1. The Kier molecular flexibility index (Phi) is 7.75. The molecule has 0 amide bonds. The number of hydrogen-bond donors (Lipinski definition) is 1. The average molecular weight is 519 g/mol.